The van der Waals surface area contributed by atoms with E-state index in [1.54, 1.807) is 7.11 Å². The van der Waals surface area contributed by atoms with Crippen LogP contribution in [0.1, 0.15) is 5.82 Å². The van der Waals surface area contributed by atoms with E-state index < -0.39 is 0 Å². The molecule has 1 aliphatic rings. The lowest BCUT2D eigenvalue weighted by Crippen LogP contribution is -2.46. The quantitative estimate of drug-likeness (QED) is 0.814. The third kappa shape index (κ3) is 3.25. The molecule has 6 heteroatoms. The molecule has 1 aromatic carbocycles. The van der Waals surface area contributed by atoms with E-state index in [1.165, 1.54) is 5.69 Å². The second-order valence-corrected chi connectivity index (χ2v) is 5.66. The number of aromatic nitrogens is 2. The summed E-state index contributed by atoms with van der Waals surface area (Å²) in [5, 5.41) is 0.498. The largest absolute Gasteiger partial charge is 0.497 e. The van der Waals surface area contributed by atoms with Crippen molar-refractivity contribution < 1.29 is 4.74 Å². The van der Waals surface area contributed by atoms with Crippen molar-refractivity contribution in [3.8, 4) is 5.75 Å². The Kier molecular flexibility index (Phi) is 4.34. The number of hydrogen-bond acceptors (Lipinski definition) is 5. The lowest BCUT2D eigenvalue weighted by atomic mass is 10.2. The molecule has 0 bridgehead atoms. The lowest BCUT2D eigenvalue weighted by molar-refractivity contribution is 0.414. The first-order chi connectivity index (χ1) is 10.7. The second kappa shape index (κ2) is 6.40. The minimum Gasteiger partial charge on any atom is -0.497 e. The molecular weight excluding hydrogens is 300 g/mol. The topological polar surface area (TPSA) is 41.5 Å². The fourth-order valence-electron chi connectivity index (χ4n) is 2.68. The molecule has 1 saturated heterocycles. The maximum atomic E-state index is 6.03. The van der Waals surface area contributed by atoms with Crippen LogP contribution in [0.3, 0.4) is 0 Å². The fourth-order valence-corrected chi connectivity index (χ4v) is 2.90. The minimum absolute atomic E-state index is 0.498. The molecule has 0 amide bonds. The standard InChI is InChI=1S/C16H19ClN4O/c1-12-18-15(17)11-16(19-12)21-8-6-20(7-9-21)13-4-3-5-14(10-13)22-2/h3-5,10-11H,6-9H2,1-2H3. The summed E-state index contributed by atoms with van der Waals surface area (Å²) in [5.41, 5.74) is 1.19. The molecule has 2 heterocycles. The van der Waals surface area contributed by atoms with Crippen LogP contribution in [0.5, 0.6) is 5.75 Å². The highest BCUT2D eigenvalue weighted by atomic mass is 35.5. The highest BCUT2D eigenvalue weighted by molar-refractivity contribution is 6.29. The van der Waals surface area contributed by atoms with Crippen molar-refractivity contribution in [2.24, 2.45) is 0 Å². The van der Waals surface area contributed by atoms with E-state index >= 15 is 0 Å². The Labute approximate surface area is 135 Å². The number of hydrogen-bond donors (Lipinski definition) is 0. The molecule has 0 N–H and O–H groups in total. The zero-order valence-corrected chi connectivity index (χ0v) is 13.5. The number of halogens is 1. The van der Waals surface area contributed by atoms with Crippen LogP contribution in [0, 0.1) is 6.92 Å². The molecule has 2 aromatic rings. The molecule has 0 radical (unpaired) electrons. The predicted molar refractivity (Wildman–Crippen MR) is 89.2 cm³/mol. The van der Waals surface area contributed by atoms with Crippen molar-refractivity contribution >= 4 is 23.1 Å². The summed E-state index contributed by atoms with van der Waals surface area (Å²) in [5.74, 6) is 2.50. The van der Waals surface area contributed by atoms with Gasteiger partial charge in [-0.25, -0.2) is 9.97 Å². The Hall–Kier alpha value is -2.01. The number of rotatable bonds is 3. The zero-order chi connectivity index (χ0) is 15.5. The molecule has 1 fully saturated rings. The number of nitrogens with zero attached hydrogens (tertiary/aromatic N) is 4. The summed E-state index contributed by atoms with van der Waals surface area (Å²) in [7, 11) is 1.69. The molecule has 0 atom stereocenters. The van der Waals surface area contributed by atoms with Gasteiger partial charge in [0.15, 0.2) is 0 Å². The Morgan fingerprint density at radius 1 is 1.05 bits per heavy atom. The SMILES string of the molecule is COc1cccc(N2CCN(c3cc(Cl)nc(C)n3)CC2)c1. The maximum Gasteiger partial charge on any atom is 0.134 e. The molecular formula is C16H19ClN4O. The highest BCUT2D eigenvalue weighted by Crippen LogP contribution is 2.24. The minimum atomic E-state index is 0.498. The number of benzene rings is 1. The van der Waals surface area contributed by atoms with Crippen LogP contribution < -0.4 is 14.5 Å². The number of aryl methyl sites for hydroxylation is 1. The van der Waals surface area contributed by atoms with Crippen LogP contribution in [0.2, 0.25) is 5.15 Å². The van der Waals surface area contributed by atoms with Gasteiger partial charge in [-0.05, 0) is 19.1 Å². The van der Waals surface area contributed by atoms with Gasteiger partial charge >= 0.3 is 0 Å². The monoisotopic (exact) mass is 318 g/mol. The molecule has 0 saturated carbocycles. The molecule has 0 spiro atoms. The third-order valence-electron chi connectivity index (χ3n) is 3.82. The fraction of sp³-hybridized carbons (Fsp3) is 0.375. The van der Waals surface area contributed by atoms with Crippen LogP contribution in [0.15, 0.2) is 30.3 Å². The Morgan fingerprint density at radius 2 is 1.77 bits per heavy atom. The van der Waals surface area contributed by atoms with Crippen molar-refractivity contribution in [1.82, 2.24) is 9.97 Å². The summed E-state index contributed by atoms with van der Waals surface area (Å²) in [6.07, 6.45) is 0. The van der Waals surface area contributed by atoms with Gasteiger partial charge in [0.25, 0.3) is 0 Å². The summed E-state index contributed by atoms with van der Waals surface area (Å²) in [6.45, 7) is 5.55. The van der Waals surface area contributed by atoms with Crippen LogP contribution in [0.25, 0.3) is 0 Å². The second-order valence-electron chi connectivity index (χ2n) is 5.27. The van der Waals surface area contributed by atoms with Gasteiger partial charge in [-0.1, -0.05) is 17.7 Å². The van der Waals surface area contributed by atoms with Gasteiger partial charge in [0.2, 0.25) is 0 Å². The number of piperazine rings is 1. The molecule has 3 rings (SSSR count). The summed E-state index contributed by atoms with van der Waals surface area (Å²) in [6, 6.07) is 10.0. The van der Waals surface area contributed by atoms with Gasteiger partial charge in [0.1, 0.15) is 22.5 Å². The average Bonchev–Trinajstić information content (AvgIpc) is 2.54. The van der Waals surface area contributed by atoms with Crippen LogP contribution in [0.4, 0.5) is 11.5 Å². The van der Waals surface area contributed by atoms with E-state index in [0.717, 1.165) is 37.7 Å². The Bertz CT molecular complexity index is 636. The molecule has 5 nitrogen and oxygen atoms in total. The van der Waals surface area contributed by atoms with Crippen LogP contribution in [-0.4, -0.2) is 43.3 Å². The summed E-state index contributed by atoms with van der Waals surface area (Å²) >= 11 is 6.03. The van der Waals surface area contributed by atoms with Gasteiger partial charge in [-0.2, -0.15) is 0 Å². The number of methoxy groups -OCH3 is 1. The van der Waals surface area contributed by atoms with Crippen molar-refractivity contribution in [1.29, 1.82) is 0 Å². The van der Waals surface area contributed by atoms with Crippen molar-refractivity contribution in [3.63, 3.8) is 0 Å². The summed E-state index contributed by atoms with van der Waals surface area (Å²) in [4.78, 5) is 13.2. The number of ether oxygens (including phenoxy) is 1. The van der Waals surface area contributed by atoms with Crippen LogP contribution in [-0.2, 0) is 0 Å². The Morgan fingerprint density at radius 3 is 2.45 bits per heavy atom. The van der Waals surface area contributed by atoms with Crippen molar-refractivity contribution in [2.45, 2.75) is 6.92 Å². The highest BCUT2D eigenvalue weighted by Gasteiger charge is 2.19. The smallest absolute Gasteiger partial charge is 0.134 e. The lowest BCUT2D eigenvalue weighted by Gasteiger charge is -2.36. The first-order valence-corrected chi connectivity index (χ1v) is 7.68. The van der Waals surface area contributed by atoms with E-state index in [9.17, 15) is 0 Å². The van der Waals surface area contributed by atoms with Gasteiger partial charge < -0.3 is 14.5 Å². The van der Waals surface area contributed by atoms with Crippen molar-refractivity contribution in [2.75, 3.05) is 43.1 Å². The molecule has 0 aliphatic carbocycles. The molecule has 0 unspecified atom stereocenters. The van der Waals surface area contributed by atoms with Gasteiger partial charge in [-0.3, -0.25) is 0 Å². The normalized spacial score (nSPS) is 15.0. The third-order valence-corrected chi connectivity index (χ3v) is 4.01. The molecule has 1 aromatic heterocycles. The first kappa shape index (κ1) is 14.9. The van der Waals surface area contributed by atoms with E-state index in [0.29, 0.717) is 11.0 Å². The maximum absolute atomic E-state index is 6.03. The molecule has 116 valence electrons. The average molecular weight is 319 g/mol. The molecule has 1 aliphatic heterocycles. The molecule has 22 heavy (non-hydrogen) atoms. The number of anilines is 2. The Balaban J connectivity index is 1.69. The van der Waals surface area contributed by atoms with Gasteiger partial charge in [-0.15, -0.1) is 0 Å². The summed E-state index contributed by atoms with van der Waals surface area (Å²) < 4.78 is 5.29. The van der Waals surface area contributed by atoms with E-state index in [4.69, 9.17) is 16.3 Å². The van der Waals surface area contributed by atoms with Crippen LogP contribution >= 0.6 is 11.6 Å². The first-order valence-electron chi connectivity index (χ1n) is 7.31. The van der Waals surface area contributed by atoms with Crippen molar-refractivity contribution in [3.05, 3.63) is 41.3 Å². The van der Waals surface area contributed by atoms with Gasteiger partial charge in [0, 0.05) is 44.0 Å². The van der Waals surface area contributed by atoms with E-state index in [1.807, 2.05) is 25.1 Å². The van der Waals surface area contributed by atoms with E-state index in [2.05, 4.69) is 31.9 Å². The van der Waals surface area contributed by atoms with E-state index in [-0.39, 0.29) is 0 Å². The van der Waals surface area contributed by atoms with Gasteiger partial charge in [0.05, 0.1) is 7.11 Å². The zero-order valence-electron chi connectivity index (χ0n) is 12.8. The predicted octanol–water partition coefficient (Wildman–Crippen LogP) is 2.77.